The standard InChI is InChI=1S/C26H20FNO5/c1-3-15-32-26(33-16-4-2,19-10-12-20(27)13-11-19)25(31)28-22-8-6-5-7-21(22)18-9-14-23(29)24(30)17-18/h1-2,5-14,17,29-30H,15-16H2,(H,28,31). The molecule has 0 atom stereocenters. The molecule has 3 aromatic carbocycles. The molecule has 1 amide bonds. The molecule has 0 spiro atoms. The summed E-state index contributed by atoms with van der Waals surface area (Å²) in [5.74, 6) is 0.657. The predicted octanol–water partition coefficient (Wildman–Crippen LogP) is 4.00. The van der Waals surface area contributed by atoms with Gasteiger partial charge in [0.15, 0.2) is 11.5 Å². The van der Waals surface area contributed by atoms with Crippen molar-refractivity contribution in [1.82, 2.24) is 0 Å². The molecule has 0 radical (unpaired) electrons. The molecule has 3 N–H and O–H groups in total. The van der Waals surface area contributed by atoms with Crippen LogP contribution in [0.4, 0.5) is 10.1 Å². The highest BCUT2D eigenvalue weighted by atomic mass is 19.1. The lowest BCUT2D eigenvalue weighted by atomic mass is 10.0. The Bertz CT molecular complexity index is 1210. The van der Waals surface area contributed by atoms with Gasteiger partial charge in [0, 0.05) is 16.8 Å². The van der Waals surface area contributed by atoms with E-state index in [1.807, 2.05) is 0 Å². The molecule has 3 aromatic rings. The molecular formula is C26H20FNO5. The summed E-state index contributed by atoms with van der Waals surface area (Å²) in [5, 5.41) is 22.2. The van der Waals surface area contributed by atoms with Crippen molar-refractivity contribution in [2.45, 2.75) is 5.79 Å². The maximum Gasteiger partial charge on any atom is 0.289 e. The third kappa shape index (κ3) is 5.13. The lowest BCUT2D eigenvalue weighted by Crippen LogP contribution is -2.45. The number of terminal acetylenes is 2. The van der Waals surface area contributed by atoms with Crippen molar-refractivity contribution in [1.29, 1.82) is 0 Å². The van der Waals surface area contributed by atoms with E-state index >= 15 is 0 Å². The van der Waals surface area contributed by atoms with Crippen molar-refractivity contribution < 1.29 is 28.9 Å². The van der Waals surface area contributed by atoms with Crippen LogP contribution in [-0.2, 0) is 20.1 Å². The van der Waals surface area contributed by atoms with Crippen molar-refractivity contribution in [3.63, 3.8) is 0 Å². The van der Waals surface area contributed by atoms with E-state index in [9.17, 15) is 19.4 Å². The summed E-state index contributed by atoms with van der Waals surface area (Å²) >= 11 is 0. The van der Waals surface area contributed by atoms with Gasteiger partial charge in [0.05, 0.1) is 0 Å². The summed E-state index contributed by atoms with van der Waals surface area (Å²) < 4.78 is 24.9. The predicted molar refractivity (Wildman–Crippen MR) is 121 cm³/mol. The minimum Gasteiger partial charge on any atom is -0.504 e. The van der Waals surface area contributed by atoms with Gasteiger partial charge in [0.25, 0.3) is 11.7 Å². The van der Waals surface area contributed by atoms with Crippen molar-refractivity contribution in [2.24, 2.45) is 0 Å². The average Bonchev–Trinajstić information content (AvgIpc) is 2.82. The third-order valence-corrected chi connectivity index (χ3v) is 4.70. The number of rotatable bonds is 8. The Balaban J connectivity index is 2.06. The topological polar surface area (TPSA) is 88.0 Å². The number of ether oxygens (including phenoxy) is 2. The Hall–Kier alpha value is -4.30. The molecule has 6 nitrogen and oxygen atoms in total. The van der Waals surface area contributed by atoms with Crippen LogP contribution in [0.25, 0.3) is 11.1 Å². The molecule has 0 unspecified atom stereocenters. The normalized spacial score (nSPS) is 10.8. The number of carbonyl (C=O) groups excluding carboxylic acids is 1. The lowest BCUT2D eigenvalue weighted by Gasteiger charge is -2.31. The second kappa shape index (κ2) is 10.3. The Labute approximate surface area is 190 Å². The van der Waals surface area contributed by atoms with E-state index in [0.29, 0.717) is 16.8 Å². The first-order valence-corrected chi connectivity index (χ1v) is 9.75. The molecule has 0 fully saturated rings. The molecule has 7 heteroatoms. The fraction of sp³-hybridized carbons (Fsp3) is 0.115. The van der Waals surface area contributed by atoms with Gasteiger partial charge in [-0.3, -0.25) is 4.79 Å². The summed E-state index contributed by atoms with van der Waals surface area (Å²) in [7, 11) is 0. The van der Waals surface area contributed by atoms with Crippen molar-refractivity contribution in [3.8, 4) is 47.3 Å². The first-order chi connectivity index (χ1) is 15.9. The molecule has 0 aromatic heterocycles. The number of hydrogen-bond donors (Lipinski definition) is 3. The first kappa shape index (κ1) is 23.4. The van der Waals surface area contributed by atoms with Crippen molar-refractivity contribution >= 4 is 11.6 Å². The highest BCUT2D eigenvalue weighted by molar-refractivity contribution is 6.00. The number of para-hydroxylation sites is 1. The monoisotopic (exact) mass is 445 g/mol. The number of benzene rings is 3. The summed E-state index contributed by atoms with van der Waals surface area (Å²) in [6.07, 6.45) is 10.7. The molecule has 3 rings (SSSR count). The summed E-state index contributed by atoms with van der Waals surface area (Å²) in [6.45, 7) is -0.578. The number of nitrogens with one attached hydrogen (secondary N) is 1. The van der Waals surface area contributed by atoms with E-state index in [-0.39, 0.29) is 30.3 Å². The maximum atomic E-state index is 13.6. The number of carbonyl (C=O) groups is 1. The minimum absolute atomic E-state index is 0.187. The smallest absolute Gasteiger partial charge is 0.289 e. The largest absolute Gasteiger partial charge is 0.504 e. The number of amides is 1. The van der Waals surface area contributed by atoms with Gasteiger partial charge in [-0.05, 0) is 35.9 Å². The number of hydrogen-bond acceptors (Lipinski definition) is 5. The molecule has 0 saturated carbocycles. The van der Waals surface area contributed by atoms with Crippen LogP contribution in [0.2, 0.25) is 0 Å². The Morgan fingerprint density at radius 2 is 1.58 bits per heavy atom. The van der Waals surface area contributed by atoms with Crippen molar-refractivity contribution in [2.75, 3.05) is 18.5 Å². The molecular weight excluding hydrogens is 425 g/mol. The SMILES string of the molecule is C#CCOC(OCC#C)(C(=O)Nc1ccccc1-c1ccc(O)c(O)c1)c1ccc(F)cc1. The van der Waals surface area contributed by atoms with Gasteiger partial charge in [-0.15, -0.1) is 12.8 Å². The summed E-state index contributed by atoms with van der Waals surface area (Å²) in [5.41, 5.74) is 1.62. The Morgan fingerprint density at radius 1 is 0.939 bits per heavy atom. The van der Waals surface area contributed by atoms with Crippen molar-refractivity contribution in [3.05, 3.63) is 78.1 Å². The highest BCUT2D eigenvalue weighted by Gasteiger charge is 2.43. The quantitative estimate of drug-likeness (QED) is 0.277. The van der Waals surface area contributed by atoms with Crippen LogP contribution in [0, 0.1) is 30.5 Å². The lowest BCUT2D eigenvalue weighted by molar-refractivity contribution is -0.223. The second-order valence-corrected chi connectivity index (χ2v) is 6.81. The number of phenolic OH excluding ortho intramolecular Hbond substituents is 2. The number of phenols is 2. The van der Waals surface area contributed by atoms with Crippen LogP contribution >= 0.6 is 0 Å². The summed E-state index contributed by atoms with van der Waals surface area (Å²) in [6, 6.07) is 16.0. The van der Waals surface area contributed by atoms with E-state index < -0.39 is 17.5 Å². The zero-order chi connectivity index (χ0) is 23.8. The van der Waals surface area contributed by atoms with E-state index in [1.165, 1.54) is 24.3 Å². The zero-order valence-electron chi connectivity index (χ0n) is 17.4. The molecule has 0 aliphatic rings. The number of anilines is 1. The minimum atomic E-state index is -2.06. The van der Waals surface area contributed by atoms with E-state index in [0.717, 1.165) is 12.1 Å². The molecule has 0 heterocycles. The van der Waals surface area contributed by atoms with Crippen LogP contribution in [0.5, 0.6) is 11.5 Å². The van der Waals surface area contributed by atoms with E-state index in [4.69, 9.17) is 22.3 Å². The third-order valence-electron chi connectivity index (χ3n) is 4.70. The van der Waals surface area contributed by atoms with Crippen LogP contribution in [-0.4, -0.2) is 29.3 Å². The van der Waals surface area contributed by atoms with Gasteiger partial charge in [-0.25, -0.2) is 4.39 Å². The fourth-order valence-electron chi connectivity index (χ4n) is 3.17. The van der Waals surface area contributed by atoms with Crippen LogP contribution in [0.15, 0.2) is 66.7 Å². The van der Waals surface area contributed by atoms with E-state index in [1.54, 1.807) is 30.3 Å². The molecule has 0 bridgehead atoms. The Morgan fingerprint density at radius 3 is 2.18 bits per heavy atom. The molecule has 166 valence electrons. The molecule has 0 aliphatic carbocycles. The second-order valence-electron chi connectivity index (χ2n) is 6.81. The fourth-order valence-corrected chi connectivity index (χ4v) is 3.17. The first-order valence-electron chi connectivity index (χ1n) is 9.75. The summed E-state index contributed by atoms with van der Waals surface area (Å²) in [4.78, 5) is 13.6. The Kier molecular flexibility index (Phi) is 7.32. The van der Waals surface area contributed by atoms with Gasteiger partial charge < -0.3 is 25.0 Å². The number of aromatic hydroxyl groups is 2. The molecule has 33 heavy (non-hydrogen) atoms. The number of halogens is 1. The maximum absolute atomic E-state index is 13.6. The van der Waals surface area contributed by atoms with Gasteiger partial charge >= 0.3 is 0 Å². The van der Waals surface area contributed by atoms with Crippen LogP contribution < -0.4 is 5.32 Å². The van der Waals surface area contributed by atoms with Gasteiger partial charge in [0.1, 0.15) is 19.0 Å². The van der Waals surface area contributed by atoms with Gasteiger partial charge in [-0.2, -0.15) is 0 Å². The zero-order valence-corrected chi connectivity index (χ0v) is 17.4. The average molecular weight is 445 g/mol. The van der Waals surface area contributed by atoms with Gasteiger partial charge in [-0.1, -0.05) is 48.2 Å². The van der Waals surface area contributed by atoms with Gasteiger partial charge in [0.2, 0.25) is 0 Å². The molecule has 0 saturated heterocycles. The van der Waals surface area contributed by atoms with E-state index in [2.05, 4.69) is 17.2 Å². The van der Waals surface area contributed by atoms with Crippen LogP contribution in [0.3, 0.4) is 0 Å². The van der Waals surface area contributed by atoms with Crippen LogP contribution in [0.1, 0.15) is 5.56 Å². The molecule has 0 aliphatic heterocycles. The highest BCUT2D eigenvalue weighted by Crippen LogP contribution is 2.36.